The molecular formula is C22H22ClN3O2S. The summed E-state index contributed by atoms with van der Waals surface area (Å²) in [6, 6.07) is 15.0. The monoisotopic (exact) mass is 427 g/mol. The predicted molar refractivity (Wildman–Crippen MR) is 117 cm³/mol. The Hall–Kier alpha value is -1.99. The lowest BCUT2D eigenvalue weighted by Crippen LogP contribution is -2.36. The van der Waals surface area contributed by atoms with Crippen molar-refractivity contribution >= 4 is 40.0 Å². The van der Waals surface area contributed by atoms with E-state index in [4.69, 9.17) is 26.3 Å². The van der Waals surface area contributed by atoms with Crippen molar-refractivity contribution < 1.29 is 9.53 Å². The van der Waals surface area contributed by atoms with Crippen molar-refractivity contribution in [3.05, 3.63) is 64.9 Å². The van der Waals surface area contributed by atoms with Crippen LogP contribution in [0.3, 0.4) is 0 Å². The molecule has 0 bridgehead atoms. The van der Waals surface area contributed by atoms with E-state index in [2.05, 4.69) is 4.90 Å². The van der Waals surface area contributed by atoms with E-state index in [0.29, 0.717) is 17.1 Å². The number of benzene rings is 2. The minimum Gasteiger partial charge on any atom is -0.379 e. The van der Waals surface area contributed by atoms with Gasteiger partial charge in [0.25, 0.3) is 0 Å². The van der Waals surface area contributed by atoms with Crippen LogP contribution in [0.2, 0.25) is 5.02 Å². The van der Waals surface area contributed by atoms with Gasteiger partial charge in [0.05, 0.1) is 30.5 Å². The van der Waals surface area contributed by atoms with Gasteiger partial charge in [-0.15, -0.1) is 0 Å². The van der Waals surface area contributed by atoms with E-state index in [1.54, 1.807) is 24.3 Å². The van der Waals surface area contributed by atoms with Crippen molar-refractivity contribution in [1.29, 1.82) is 0 Å². The average molecular weight is 428 g/mol. The number of ketones is 1. The first-order valence-electron chi connectivity index (χ1n) is 9.62. The fraction of sp³-hybridized carbons (Fsp3) is 0.318. The molecule has 7 heteroatoms. The van der Waals surface area contributed by atoms with E-state index in [1.165, 1.54) is 11.8 Å². The number of carbonyl (C=O) groups excluding carboxylic acids is 1. The molecule has 1 saturated heterocycles. The van der Waals surface area contributed by atoms with Gasteiger partial charge >= 0.3 is 0 Å². The van der Waals surface area contributed by atoms with Crippen LogP contribution >= 0.6 is 23.4 Å². The standard InChI is InChI=1S/C22H22ClN3O2S/c1-15(21(27)16-5-4-6-17(23)13-16)29-22-18-7-2-3-8-19(18)24-20(25-22)14-26-9-11-28-12-10-26/h2-8,13,15H,9-12,14H2,1H3/t15-/m0/s1. The molecule has 1 aromatic heterocycles. The van der Waals surface area contributed by atoms with E-state index in [1.807, 2.05) is 31.2 Å². The quantitative estimate of drug-likeness (QED) is 0.328. The number of ether oxygens (including phenoxy) is 1. The molecule has 4 rings (SSSR count). The molecule has 2 heterocycles. The van der Waals surface area contributed by atoms with E-state index < -0.39 is 0 Å². The number of Topliss-reactive ketones (excluding diaryl/α,β-unsaturated/α-hetero) is 1. The van der Waals surface area contributed by atoms with Gasteiger partial charge in [0.1, 0.15) is 10.9 Å². The SMILES string of the molecule is C[C@H](Sc1nc(CN2CCOCC2)nc2ccccc12)C(=O)c1cccc(Cl)c1. The maximum atomic E-state index is 12.9. The number of rotatable bonds is 6. The molecule has 5 nitrogen and oxygen atoms in total. The highest BCUT2D eigenvalue weighted by Gasteiger charge is 2.20. The Morgan fingerprint density at radius 1 is 1.17 bits per heavy atom. The molecule has 1 atom stereocenters. The summed E-state index contributed by atoms with van der Waals surface area (Å²) in [6.45, 7) is 5.82. The molecule has 0 amide bonds. The van der Waals surface area contributed by atoms with Crippen LogP contribution in [0.15, 0.2) is 53.6 Å². The first-order chi connectivity index (χ1) is 14.1. The second-order valence-corrected chi connectivity index (χ2v) is 8.75. The van der Waals surface area contributed by atoms with Crippen LogP contribution in [0.1, 0.15) is 23.1 Å². The molecule has 0 N–H and O–H groups in total. The highest BCUT2D eigenvalue weighted by molar-refractivity contribution is 8.00. The third kappa shape index (κ3) is 4.95. The van der Waals surface area contributed by atoms with Crippen LogP contribution < -0.4 is 0 Å². The summed E-state index contributed by atoms with van der Waals surface area (Å²) in [5.41, 5.74) is 1.51. The number of hydrogen-bond donors (Lipinski definition) is 0. The van der Waals surface area contributed by atoms with Crippen molar-refractivity contribution in [2.24, 2.45) is 0 Å². The van der Waals surface area contributed by atoms with Crippen LogP contribution in [0, 0.1) is 0 Å². The molecule has 2 aromatic carbocycles. The van der Waals surface area contributed by atoms with Crippen molar-refractivity contribution in [1.82, 2.24) is 14.9 Å². The van der Waals surface area contributed by atoms with Crippen molar-refractivity contribution in [3.63, 3.8) is 0 Å². The summed E-state index contributed by atoms with van der Waals surface area (Å²) in [6.07, 6.45) is 0. The summed E-state index contributed by atoms with van der Waals surface area (Å²) in [7, 11) is 0. The summed E-state index contributed by atoms with van der Waals surface area (Å²) in [5, 5.41) is 2.08. The molecule has 150 valence electrons. The lowest BCUT2D eigenvalue weighted by molar-refractivity contribution is 0.0330. The number of halogens is 1. The molecule has 1 aliphatic rings. The van der Waals surface area contributed by atoms with Crippen molar-refractivity contribution in [2.75, 3.05) is 26.3 Å². The van der Waals surface area contributed by atoms with Gasteiger partial charge in [-0.2, -0.15) is 0 Å². The van der Waals surface area contributed by atoms with Gasteiger partial charge in [-0.25, -0.2) is 9.97 Å². The minimum absolute atomic E-state index is 0.0370. The Morgan fingerprint density at radius 3 is 2.76 bits per heavy atom. The zero-order valence-corrected chi connectivity index (χ0v) is 17.7. The third-order valence-corrected chi connectivity index (χ3v) is 6.19. The molecule has 0 radical (unpaired) electrons. The van der Waals surface area contributed by atoms with Crippen LogP contribution in [-0.4, -0.2) is 52.2 Å². The zero-order chi connectivity index (χ0) is 20.2. The largest absolute Gasteiger partial charge is 0.379 e. The lowest BCUT2D eigenvalue weighted by atomic mass is 10.1. The topological polar surface area (TPSA) is 55.3 Å². The Balaban J connectivity index is 1.60. The molecule has 3 aromatic rings. The summed E-state index contributed by atoms with van der Waals surface area (Å²) < 4.78 is 5.43. The van der Waals surface area contributed by atoms with E-state index in [0.717, 1.165) is 48.1 Å². The van der Waals surface area contributed by atoms with Gasteiger partial charge in [0.2, 0.25) is 0 Å². The zero-order valence-electron chi connectivity index (χ0n) is 16.2. The second kappa shape index (κ2) is 9.22. The number of nitrogens with zero attached hydrogens (tertiary/aromatic N) is 3. The maximum Gasteiger partial charge on any atom is 0.175 e. The van der Waals surface area contributed by atoms with Crippen LogP contribution in [0.4, 0.5) is 0 Å². The fourth-order valence-electron chi connectivity index (χ4n) is 3.31. The number of fused-ring (bicyclic) bond motifs is 1. The Labute approximate surface area is 179 Å². The Kier molecular flexibility index (Phi) is 6.45. The smallest absolute Gasteiger partial charge is 0.175 e. The second-order valence-electron chi connectivity index (χ2n) is 6.99. The van der Waals surface area contributed by atoms with E-state index >= 15 is 0 Å². The fourth-order valence-corrected chi connectivity index (χ4v) is 4.54. The van der Waals surface area contributed by atoms with Crippen LogP contribution in [0.5, 0.6) is 0 Å². The summed E-state index contributed by atoms with van der Waals surface area (Å²) in [4.78, 5) is 24.8. The molecule has 1 aliphatic heterocycles. The number of hydrogen-bond acceptors (Lipinski definition) is 6. The molecule has 1 fully saturated rings. The first-order valence-corrected chi connectivity index (χ1v) is 10.9. The predicted octanol–water partition coefficient (Wildman–Crippen LogP) is 4.48. The van der Waals surface area contributed by atoms with Crippen molar-refractivity contribution in [2.45, 2.75) is 23.7 Å². The Morgan fingerprint density at radius 2 is 1.97 bits per heavy atom. The summed E-state index contributed by atoms with van der Waals surface area (Å²) >= 11 is 7.52. The lowest BCUT2D eigenvalue weighted by Gasteiger charge is -2.26. The van der Waals surface area contributed by atoms with Gasteiger partial charge in [-0.1, -0.05) is 53.7 Å². The van der Waals surface area contributed by atoms with Crippen LogP contribution in [-0.2, 0) is 11.3 Å². The third-order valence-electron chi connectivity index (χ3n) is 4.85. The average Bonchev–Trinajstić information content (AvgIpc) is 2.74. The Bertz CT molecular complexity index is 1020. The van der Waals surface area contributed by atoms with Gasteiger partial charge in [-0.3, -0.25) is 9.69 Å². The van der Waals surface area contributed by atoms with E-state index in [9.17, 15) is 4.79 Å². The van der Waals surface area contributed by atoms with Gasteiger partial charge < -0.3 is 4.74 Å². The molecule has 29 heavy (non-hydrogen) atoms. The number of thioether (sulfide) groups is 1. The summed E-state index contributed by atoms with van der Waals surface area (Å²) in [5.74, 6) is 0.811. The molecular weight excluding hydrogens is 406 g/mol. The van der Waals surface area contributed by atoms with Gasteiger partial charge in [-0.05, 0) is 25.1 Å². The normalized spacial score (nSPS) is 16.1. The molecule has 0 saturated carbocycles. The van der Waals surface area contributed by atoms with Gasteiger partial charge in [0.15, 0.2) is 5.78 Å². The minimum atomic E-state index is -0.289. The molecule has 0 spiro atoms. The van der Waals surface area contributed by atoms with Crippen LogP contribution in [0.25, 0.3) is 10.9 Å². The van der Waals surface area contributed by atoms with Crippen molar-refractivity contribution in [3.8, 4) is 0 Å². The number of para-hydroxylation sites is 1. The number of carbonyl (C=O) groups is 1. The number of morpholine rings is 1. The number of aromatic nitrogens is 2. The van der Waals surface area contributed by atoms with E-state index in [-0.39, 0.29) is 11.0 Å². The molecule has 0 unspecified atom stereocenters. The molecule has 0 aliphatic carbocycles. The van der Waals surface area contributed by atoms with Gasteiger partial charge in [0, 0.05) is 29.1 Å². The maximum absolute atomic E-state index is 12.9. The first kappa shape index (κ1) is 20.3. The highest BCUT2D eigenvalue weighted by atomic mass is 35.5. The highest BCUT2D eigenvalue weighted by Crippen LogP contribution is 2.30.